The van der Waals surface area contributed by atoms with E-state index in [9.17, 15) is 0 Å². The molecule has 1 saturated carbocycles. The van der Waals surface area contributed by atoms with Crippen molar-refractivity contribution < 1.29 is 0 Å². The van der Waals surface area contributed by atoms with Crippen molar-refractivity contribution in [2.24, 2.45) is 11.7 Å². The molecule has 1 rings (SSSR count). The number of rotatable bonds is 5. The topological polar surface area (TPSA) is 29.3 Å². The van der Waals surface area contributed by atoms with E-state index in [1.807, 2.05) is 0 Å². The lowest BCUT2D eigenvalue weighted by Crippen LogP contribution is -2.27. The molecule has 1 aliphatic rings. The van der Waals surface area contributed by atoms with E-state index in [2.05, 4.69) is 19.0 Å². The van der Waals surface area contributed by atoms with Crippen molar-refractivity contribution in [3.05, 3.63) is 0 Å². The van der Waals surface area contributed by atoms with E-state index >= 15 is 0 Å². The van der Waals surface area contributed by atoms with Crippen molar-refractivity contribution in [2.45, 2.75) is 44.6 Å². The minimum absolute atomic E-state index is 0.436. The van der Waals surface area contributed by atoms with Crippen molar-refractivity contribution in [1.29, 1.82) is 0 Å². The van der Waals surface area contributed by atoms with Crippen LogP contribution in [0.25, 0.3) is 0 Å². The number of nitrogens with two attached hydrogens (primary N) is 1. The van der Waals surface area contributed by atoms with E-state index in [1.165, 1.54) is 32.1 Å². The molecule has 0 spiro atoms. The zero-order valence-electron chi connectivity index (χ0n) is 9.13. The van der Waals surface area contributed by atoms with Crippen molar-refractivity contribution in [3.63, 3.8) is 0 Å². The molecule has 2 N–H and O–H groups in total. The molecule has 0 aromatic carbocycles. The molecule has 78 valence electrons. The summed E-state index contributed by atoms with van der Waals surface area (Å²) < 4.78 is 0. The maximum atomic E-state index is 6.08. The lowest BCUT2D eigenvalue weighted by atomic mass is 9.97. The van der Waals surface area contributed by atoms with Crippen LogP contribution in [-0.2, 0) is 0 Å². The van der Waals surface area contributed by atoms with E-state index in [0.717, 1.165) is 18.9 Å². The van der Waals surface area contributed by atoms with E-state index in [0.29, 0.717) is 6.04 Å². The molecule has 1 aliphatic carbocycles. The number of hydrogen-bond donors (Lipinski definition) is 1. The Bertz CT molecular complexity index is 128. The van der Waals surface area contributed by atoms with Crippen molar-refractivity contribution >= 4 is 0 Å². The van der Waals surface area contributed by atoms with Crippen LogP contribution >= 0.6 is 0 Å². The zero-order chi connectivity index (χ0) is 9.68. The Morgan fingerprint density at radius 2 is 1.92 bits per heavy atom. The van der Waals surface area contributed by atoms with Crippen molar-refractivity contribution in [3.8, 4) is 0 Å². The average molecular weight is 184 g/mol. The van der Waals surface area contributed by atoms with Gasteiger partial charge in [-0.1, -0.05) is 25.7 Å². The minimum Gasteiger partial charge on any atom is -0.328 e. The average Bonchev–Trinajstić information content (AvgIpc) is 2.53. The maximum Gasteiger partial charge on any atom is 0.00536 e. The van der Waals surface area contributed by atoms with Gasteiger partial charge in [-0.15, -0.1) is 0 Å². The van der Waals surface area contributed by atoms with Gasteiger partial charge in [0.1, 0.15) is 0 Å². The van der Waals surface area contributed by atoms with E-state index in [4.69, 9.17) is 5.73 Å². The highest BCUT2D eigenvalue weighted by Gasteiger charge is 2.17. The Morgan fingerprint density at radius 1 is 1.31 bits per heavy atom. The van der Waals surface area contributed by atoms with Crippen LogP contribution in [0.5, 0.6) is 0 Å². The van der Waals surface area contributed by atoms with Gasteiger partial charge < -0.3 is 10.6 Å². The van der Waals surface area contributed by atoms with E-state index in [1.54, 1.807) is 0 Å². The summed E-state index contributed by atoms with van der Waals surface area (Å²) in [6, 6.07) is 0.436. The third-order valence-corrected chi connectivity index (χ3v) is 3.06. The van der Waals surface area contributed by atoms with Crippen LogP contribution in [0.4, 0.5) is 0 Å². The summed E-state index contributed by atoms with van der Waals surface area (Å²) in [5, 5.41) is 0. The molecule has 13 heavy (non-hydrogen) atoms. The molecule has 1 atom stereocenters. The molecule has 0 radical (unpaired) electrons. The van der Waals surface area contributed by atoms with Gasteiger partial charge in [0.2, 0.25) is 0 Å². The van der Waals surface area contributed by atoms with Gasteiger partial charge >= 0.3 is 0 Å². The Morgan fingerprint density at radius 3 is 2.46 bits per heavy atom. The Kier molecular flexibility index (Phi) is 4.74. The normalized spacial score (nSPS) is 21.2. The number of nitrogens with zero attached hydrogens (tertiary/aromatic N) is 1. The highest BCUT2D eigenvalue weighted by Crippen LogP contribution is 2.28. The molecule has 1 fully saturated rings. The van der Waals surface area contributed by atoms with Gasteiger partial charge in [0.25, 0.3) is 0 Å². The first-order chi connectivity index (χ1) is 6.18. The Hall–Kier alpha value is -0.0800. The van der Waals surface area contributed by atoms with E-state index < -0.39 is 0 Å². The van der Waals surface area contributed by atoms with Gasteiger partial charge in [0.05, 0.1) is 0 Å². The second-order valence-corrected chi connectivity index (χ2v) is 4.74. The van der Waals surface area contributed by atoms with Gasteiger partial charge in [-0.25, -0.2) is 0 Å². The summed E-state index contributed by atoms with van der Waals surface area (Å²) in [5.74, 6) is 0.942. The summed E-state index contributed by atoms with van der Waals surface area (Å²) >= 11 is 0. The zero-order valence-corrected chi connectivity index (χ0v) is 9.13. The molecule has 2 nitrogen and oxygen atoms in total. The van der Waals surface area contributed by atoms with Crippen LogP contribution < -0.4 is 5.73 Å². The predicted octanol–water partition coefficient (Wildman–Crippen LogP) is 1.85. The highest BCUT2D eigenvalue weighted by molar-refractivity contribution is 4.73. The number of hydrogen-bond acceptors (Lipinski definition) is 2. The largest absolute Gasteiger partial charge is 0.328 e. The molecule has 0 heterocycles. The molecule has 0 amide bonds. The predicted molar refractivity (Wildman–Crippen MR) is 57.7 cm³/mol. The summed E-state index contributed by atoms with van der Waals surface area (Å²) in [7, 11) is 4.23. The van der Waals surface area contributed by atoms with Gasteiger partial charge in [-0.2, -0.15) is 0 Å². The van der Waals surface area contributed by atoms with Crippen LogP contribution in [0.2, 0.25) is 0 Å². The lowest BCUT2D eigenvalue weighted by molar-refractivity contribution is 0.351. The van der Waals surface area contributed by atoms with Gasteiger partial charge in [-0.05, 0) is 39.4 Å². The minimum atomic E-state index is 0.436. The van der Waals surface area contributed by atoms with Crippen LogP contribution in [0.3, 0.4) is 0 Å². The summed E-state index contributed by atoms with van der Waals surface area (Å²) in [4.78, 5) is 2.22. The molecule has 1 unspecified atom stereocenters. The van der Waals surface area contributed by atoms with Gasteiger partial charge in [0.15, 0.2) is 0 Å². The second-order valence-electron chi connectivity index (χ2n) is 4.74. The molecule has 0 aromatic heterocycles. The van der Waals surface area contributed by atoms with Crippen LogP contribution in [0.1, 0.15) is 38.5 Å². The summed E-state index contributed by atoms with van der Waals surface area (Å²) in [5.41, 5.74) is 6.08. The summed E-state index contributed by atoms with van der Waals surface area (Å²) in [6.45, 7) is 1.13. The van der Waals surface area contributed by atoms with Crippen LogP contribution in [-0.4, -0.2) is 31.6 Å². The quantitative estimate of drug-likeness (QED) is 0.706. The first-order valence-electron chi connectivity index (χ1n) is 5.59. The fourth-order valence-electron chi connectivity index (χ4n) is 2.22. The first-order valence-corrected chi connectivity index (χ1v) is 5.59. The molecule has 0 bridgehead atoms. The van der Waals surface area contributed by atoms with Gasteiger partial charge in [-0.3, -0.25) is 0 Å². The molecule has 0 saturated heterocycles. The second kappa shape index (κ2) is 5.61. The SMILES string of the molecule is CN(C)CCC(N)CC1CCCC1. The van der Waals surface area contributed by atoms with Crippen molar-refractivity contribution in [2.75, 3.05) is 20.6 Å². The molecule has 0 aliphatic heterocycles. The first kappa shape index (κ1) is 11.0. The van der Waals surface area contributed by atoms with Crippen LogP contribution in [0, 0.1) is 5.92 Å². The Balaban J connectivity index is 2.05. The standard InChI is InChI=1S/C11H24N2/c1-13(2)8-7-11(12)9-10-5-3-4-6-10/h10-11H,3-9,12H2,1-2H3. The Labute approximate surface area is 82.5 Å². The fraction of sp³-hybridized carbons (Fsp3) is 1.00. The molecular formula is C11H24N2. The van der Waals surface area contributed by atoms with Crippen molar-refractivity contribution in [1.82, 2.24) is 4.90 Å². The monoisotopic (exact) mass is 184 g/mol. The molecule has 0 aromatic rings. The third kappa shape index (κ3) is 4.63. The van der Waals surface area contributed by atoms with Crippen LogP contribution in [0.15, 0.2) is 0 Å². The maximum absolute atomic E-state index is 6.08. The molecular weight excluding hydrogens is 160 g/mol. The third-order valence-electron chi connectivity index (χ3n) is 3.06. The highest BCUT2D eigenvalue weighted by atomic mass is 15.0. The smallest absolute Gasteiger partial charge is 0.00536 e. The molecule has 2 heteroatoms. The van der Waals surface area contributed by atoms with E-state index in [-0.39, 0.29) is 0 Å². The summed E-state index contributed by atoms with van der Waals surface area (Å²) in [6.07, 6.45) is 8.14. The fourth-order valence-corrected chi connectivity index (χ4v) is 2.22. The van der Waals surface area contributed by atoms with Gasteiger partial charge in [0, 0.05) is 6.04 Å². The lowest BCUT2D eigenvalue weighted by Gasteiger charge is -2.18.